The summed E-state index contributed by atoms with van der Waals surface area (Å²) in [4.78, 5) is 12.3. The number of rotatable bonds is 9. The van der Waals surface area contributed by atoms with Gasteiger partial charge in [-0.2, -0.15) is 0 Å². The maximum atomic E-state index is 12.3. The Kier molecular flexibility index (Phi) is 7.20. The Morgan fingerprint density at radius 1 is 1.20 bits per heavy atom. The van der Waals surface area contributed by atoms with Crippen molar-refractivity contribution < 1.29 is 13.9 Å². The summed E-state index contributed by atoms with van der Waals surface area (Å²) in [5.41, 5.74) is 1.10. The molecule has 8 heteroatoms. The molecule has 0 bridgehead atoms. The highest BCUT2D eigenvalue weighted by molar-refractivity contribution is 7.99. The highest BCUT2D eigenvalue weighted by Gasteiger charge is 2.17. The molecule has 0 aliphatic rings. The second-order valence-corrected chi connectivity index (χ2v) is 9.09. The molecule has 0 aliphatic heterocycles. The van der Waals surface area contributed by atoms with E-state index in [2.05, 4.69) is 36.3 Å². The number of hydrogen-bond donors (Lipinski definition) is 1. The van der Waals surface area contributed by atoms with E-state index in [1.54, 1.807) is 13.4 Å². The Morgan fingerprint density at radius 3 is 2.60 bits per heavy atom. The van der Waals surface area contributed by atoms with E-state index in [0.29, 0.717) is 24.1 Å². The third-order valence-corrected chi connectivity index (χ3v) is 5.46. The van der Waals surface area contributed by atoms with Crippen molar-refractivity contribution in [1.29, 1.82) is 0 Å². The zero-order valence-corrected chi connectivity index (χ0v) is 18.7. The van der Waals surface area contributed by atoms with E-state index >= 15 is 0 Å². The van der Waals surface area contributed by atoms with Gasteiger partial charge in [-0.25, -0.2) is 0 Å². The monoisotopic (exact) mass is 428 g/mol. The molecule has 0 radical (unpaired) electrons. The zero-order valence-electron chi connectivity index (χ0n) is 17.8. The first-order valence-corrected chi connectivity index (χ1v) is 10.8. The molecule has 3 rings (SSSR count). The van der Waals surface area contributed by atoms with Crippen LogP contribution in [-0.2, 0) is 11.3 Å². The molecule has 7 nitrogen and oxygen atoms in total. The number of methoxy groups -OCH3 is 1. The number of aromatic nitrogens is 3. The summed E-state index contributed by atoms with van der Waals surface area (Å²) in [6, 6.07) is 11.4. The third kappa shape index (κ3) is 6.13. The predicted molar refractivity (Wildman–Crippen MR) is 118 cm³/mol. The first-order valence-electron chi connectivity index (χ1n) is 9.85. The van der Waals surface area contributed by atoms with E-state index in [9.17, 15) is 4.79 Å². The van der Waals surface area contributed by atoms with E-state index < -0.39 is 0 Å². The van der Waals surface area contributed by atoms with Crippen LogP contribution in [0.3, 0.4) is 0 Å². The Morgan fingerprint density at radius 2 is 1.97 bits per heavy atom. The van der Waals surface area contributed by atoms with Crippen LogP contribution < -0.4 is 10.1 Å². The van der Waals surface area contributed by atoms with Crippen LogP contribution >= 0.6 is 11.8 Å². The predicted octanol–water partition coefficient (Wildman–Crippen LogP) is 4.24. The van der Waals surface area contributed by atoms with Crippen molar-refractivity contribution in [2.75, 3.05) is 19.4 Å². The van der Waals surface area contributed by atoms with Gasteiger partial charge in [0.2, 0.25) is 5.91 Å². The van der Waals surface area contributed by atoms with Gasteiger partial charge in [0.25, 0.3) is 0 Å². The maximum Gasteiger partial charge on any atom is 0.230 e. The number of nitrogens with zero attached hydrogens (tertiary/aromatic N) is 3. The summed E-state index contributed by atoms with van der Waals surface area (Å²) in [5.74, 6) is 2.55. The number of carbonyl (C=O) groups is 1. The third-order valence-electron chi connectivity index (χ3n) is 4.49. The Hall–Kier alpha value is -2.74. The van der Waals surface area contributed by atoms with Gasteiger partial charge in [-0.05, 0) is 48.2 Å². The number of benzene rings is 1. The Balaban J connectivity index is 1.73. The van der Waals surface area contributed by atoms with Crippen LogP contribution in [0.1, 0.15) is 33.0 Å². The molecule has 0 atom stereocenters. The van der Waals surface area contributed by atoms with E-state index in [4.69, 9.17) is 9.15 Å². The molecule has 3 aromatic rings. The van der Waals surface area contributed by atoms with Gasteiger partial charge in [0.1, 0.15) is 11.5 Å². The van der Waals surface area contributed by atoms with Gasteiger partial charge in [0.15, 0.2) is 11.0 Å². The fraction of sp³-hybridized carbons (Fsp3) is 0.409. The molecule has 30 heavy (non-hydrogen) atoms. The summed E-state index contributed by atoms with van der Waals surface area (Å²) in [6.45, 7) is 7.62. The van der Waals surface area contributed by atoms with Gasteiger partial charge < -0.3 is 14.5 Å². The minimum atomic E-state index is -0.0113. The highest BCUT2D eigenvalue weighted by Crippen LogP contribution is 2.26. The summed E-state index contributed by atoms with van der Waals surface area (Å²) in [5, 5.41) is 12.3. The summed E-state index contributed by atoms with van der Waals surface area (Å²) >= 11 is 1.37. The normalized spacial score (nSPS) is 11.5. The zero-order chi connectivity index (χ0) is 21.6. The molecule has 0 saturated carbocycles. The van der Waals surface area contributed by atoms with Crippen molar-refractivity contribution in [3.63, 3.8) is 0 Å². The van der Waals surface area contributed by atoms with E-state index in [1.165, 1.54) is 11.8 Å². The second kappa shape index (κ2) is 9.84. The smallest absolute Gasteiger partial charge is 0.230 e. The van der Waals surface area contributed by atoms with Gasteiger partial charge in [-0.1, -0.05) is 32.5 Å². The average molecular weight is 429 g/mol. The topological polar surface area (TPSA) is 82.2 Å². The Bertz CT molecular complexity index is 944. The van der Waals surface area contributed by atoms with Crippen molar-refractivity contribution in [3.8, 4) is 17.1 Å². The lowest BCUT2D eigenvalue weighted by Gasteiger charge is -2.17. The second-order valence-electron chi connectivity index (χ2n) is 8.15. The van der Waals surface area contributed by atoms with Gasteiger partial charge in [-0.15, -0.1) is 10.2 Å². The molecular weight excluding hydrogens is 400 g/mol. The number of carbonyl (C=O) groups excluding carboxylic acids is 1. The molecule has 0 spiro atoms. The van der Waals surface area contributed by atoms with Crippen LogP contribution in [0, 0.1) is 5.41 Å². The van der Waals surface area contributed by atoms with Crippen LogP contribution in [0.2, 0.25) is 0 Å². The standard InChI is InChI=1S/C22H28N4O3S/c1-22(2,3)11-12-23-19(27)15-30-21-25-24-20(16-7-9-17(28-4)10-8-16)26(21)14-18-6-5-13-29-18/h5-10,13H,11-12,14-15H2,1-4H3,(H,23,27). The molecular formula is C22H28N4O3S. The molecule has 0 saturated heterocycles. The molecule has 0 unspecified atom stereocenters. The van der Waals surface area contributed by atoms with Crippen molar-refractivity contribution in [2.24, 2.45) is 5.41 Å². The maximum absolute atomic E-state index is 12.3. The molecule has 0 aliphatic carbocycles. The summed E-state index contributed by atoms with van der Waals surface area (Å²) in [7, 11) is 1.63. The summed E-state index contributed by atoms with van der Waals surface area (Å²) < 4.78 is 12.7. The Labute approximate surface area is 181 Å². The number of amides is 1. The van der Waals surface area contributed by atoms with Gasteiger partial charge in [0.05, 0.1) is 25.7 Å². The van der Waals surface area contributed by atoms with Crippen LogP contribution in [-0.4, -0.2) is 40.1 Å². The van der Waals surface area contributed by atoms with Crippen LogP contribution in [0.5, 0.6) is 5.75 Å². The number of hydrogen-bond acceptors (Lipinski definition) is 6. The lowest BCUT2D eigenvalue weighted by atomic mass is 9.92. The largest absolute Gasteiger partial charge is 0.497 e. The number of furan rings is 1. The number of thioether (sulfide) groups is 1. The van der Waals surface area contributed by atoms with Crippen LogP contribution in [0.15, 0.2) is 52.2 Å². The molecule has 1 aromatic carbocycles. The van der Waals surface area contributed by atoms with Crippen molar-refractivity contribution in [2.45, 2.75) is 38.9 Å². The fourth-order valence-corrected chi connectivity index (χ4v) is 3.58. The minimum Gasteiger partial charge on any atom is -0.497 e. The van der Waals surface area contributed by atoms with E-state index in [-0.39, 0.29) is 17.1 Å². The number of nitrogens with one attached hydrogen (secondary N) is 1. The van der Waals surface area contributed by atoms with Crippen LogP contribution in [0.4, 0.5) is 0 Å². The molecule has 1 amide bonds. The van der Waals surface area contributed by atoms with Gasteiger partial charge >= 0.3 is 0 Å². The van der Waals surface area contributed by atoms with Crippen molar-refractivity contribution in [3.05, 3.63) is 48.4 Å². The van der Waals surface area contributed by atoms with Gasteiger partial charge in [0, 0.05) is 12.1 Å². The quantitative estimate of drug-likeness (QED) is 0.514. The summed E-state index contributed by atoms with van der Waals surface area (Å²) in [6.07, 6.45) is 2.57. The lowest BCUT2D eigenvalue weighted by Crippen LogP contribution is -2.28. The first-order chi connectivity index (χ1) is 14.4. The molecule has 0 fully saturated rings. The highest BCUT2D eigenvalue weighted by atomic mass is 32.2. The minimum absolute atomic E-state index is 0.0113. The number of ether oxygens (including phenoxy) is 1. The van der Waals surface area contributed by atoms with E-state index in [0.717, 1.165) is 23.5 Å². The average Bonchev–Trinajstić information content (AvgIpc) is 3.36. The molecule has 2 aromatic heterocycles. The first kappa shape index (κ1) is 22.0. The van der Waals surface area contributed by atoms with Crippen molar-refractivity contribution >= 4 is 17.7 Å². The lowest BCUT2D eigenvalue weighted by molar-refractivity contribution is -0.118. The van der Waals surface area contributed by atoms with Gasteiger partial charge in [-0.3, -0.25) is 9.36 Å². The molecule has 2 heterocycles. The van der Waals surface area contributed by atoms with E-state index in [1.807, 2.05) is 41.0 Å². The van der Waals surface area contributed by atoms with Crippen molar-refractivity contribution in [1.82, 2.24) is 20.1 Å². The fourth-order valence-electron chi connectivity index (χ4n) is 2.81. The molecule has 1 N–H and O–H groups in total. The molecule has 160 valence electrons. The SMILES string of the molecule is COc1ccc(-c2nnc(SCC(=O)NCCC(C)(C)C)n2Cc2ccco2)cc1. The van der Waals surface area contributed by atoms with Crippen LogP contribution in [0.25, 0.3) is 11.4 Å².